The van der Waals surface area contributed by atoms with Gasteiger partial charge in [-0.15, -0.1) is 0 Å². The highest BCUT2D eigenvalue weighted by molar-refractivity contribution is 5.99. The number of benzene rings is 2. The monoisotopic (exact) mass is 393 g/mol. The normalized spacial score (nSPS) is 15.8. The Morgan fingerprint density at radius 1 is 1.17 bits per heavy atom. The Balaban J connectivity index is 1.99. The van der Waals surface area contributed by atoms with E-state index in [4.69, 9.17) is 9.15 Å². The molecule has 2 aromatic carbocycles. The first-order valence-electron chi connectivity index (χ1n) is 9.68. The fourth-order valence-corrected chi connectivity index (χ4v) is 4.14. The van der Waals surface area contributed by atoms with Crippen molar-refractivity contribution in [3.05, 3.63) is 74.6 Å². The van der Waals surface area contributed by atoms with Crippen LogP contribution >= 0.6 is 0 Å². The van der Waals surface area contributed by atoms with Crippen LogP contribution in [0, 0.1) is 13.8 Å². The molecule has 0 radical (unpaired) electrons. The lowest BCUT2D eigenvalue weighted by Crippen LogP contribution is -2.32. The van der Waals surface area contributed by atoms with E-state index in [2.05, 4.69) is 0 Å². The Morgan fingerprint density at radius 2 is 1.97 bits per heavy atom. The minimum absolute atomic E-state index is 0.0489. The Morgan fingerprint density at radius 3 is 2.69 bits per heavy atom. The van der Waals surface area contributed by atoms with E-state index in [0.29, 0.717) is 28.9 Å². The average Bonchev–Trinajstić information content (AvgIpc) is 2.95. The molecule has 1 aromatic heterocycles. The maximum atomic E-state index is 13.5. The second-order valence-corrected chi connectivity index (χ2v) is 7.26. The van der Waals surface area contributed by atoms with Gasteiger partial charge in [0.2, 0.25) is 5.76 Å². The van der Waals surface area contributed by atoms with Gasteiger partial charge in [-0.3, -0.25) is 9.59 Å². The second-order valence-electron chi connectivity index (χ2n) is 7.26. The summed E-state index contributed by atoms with van der Waals surface area (Å²) in [7, 11) is 0. The second kappa shape index (κ2) is 7.37. The van der Waals surface area contributed by atoms with Gasteiger partial charge in [0.15, 0.2) is 5.43 Å². The van der Waals surface area contributed by atoms with E-state index in [-0.39, 0.29) is 30.2 Å². The predicted molar refractivity (Wildman–Crippen MR) is 110 cm³/mol. The maximum absolute atomic E-state index is 13.5. The molecule has 150 valence electrons. The fraction of sp³-hybridized carbons (Fsp3) is 0.304. The zero-order valence-electron chi connectivity index (χ0n) is 16.7. The molecule has 3 aromatic rings. The van der Waals surface area contributed by atoms with Gasteiger partial charge in [0.05, 0.1) is 30.2 Å². The lowest BCUT2D eigenvalue weighted by Gasteiger charge is -2.24. The van der Waals surface area contributed by atoms with Gasteiger partial charge in [0.1, 0.15) is 11.3 Å². The number of hydrogen-bond donors (Lipinski definition) is 1. The molecule has 6 heteroatoms. The van der Waals surface area contributed by atoms with Crippen molar-refractivity contribution in [3.8, 4) is 5.75 Å². The van der Waals surface area contributed by atoms with E-state index in [1.807, 2.05) is 51.1 Å². The summed E-state index contributed by atoms with van der Waals surface area (Å²) in [6.45, 7) is 6.07. The number of carbonyl (C=O) groups excluding carboxylic acids is 1. The Hall–Kier alpha value is -3.12. The van der Waals surface area contributed by atoms with Gasteiger partial charge in [-0.2, -0.15) is 0 Å². The molecule has 0 fully saturated rings. The molecule has 4 rings (SSSR count). The van der Waals surface area contributed by atoms with Gasteiger partial charge in [0, 0.05) is 6.54 Å². The van der Waals surface area contributed by atoms with Crippen LogP contribution in [-0.2, 0) is 0 Å². The minimum Gasteiger partial charge on any atom is -0.494 e. The number of β-amino-alcohol motifs (C(OH)–C–C–N with tert-alkyl or cyclic N) is 1. The Kier molecular flexibility index (Phi) is 4.88. The molecule has 0 saturated heterocycles. The zero-order chi connectivity index (χ0) is 20.7. The van der Waals surface area contributed by atoms with Crippen molar-refractivity contribution in [2.45, 2.75) is 26.8 Å². The lowest BCUT2D eigenvalue weighted by atomic mass is 9.96. The molecule has 0 spiro atoms. The van der Waals surface area contributed by atoms with E-state index >= 15 is 0 Å². The molecule has 0 aliphatic carbocycles. The smallest absolute Gasteiger partial charge is 0.290 e. The Labute approximate surface area is 168 Å². The van der Waals surface area contributed by atoms with Crippen molar-refractivity contribution in [1.82, 2.24) is 4.90 Å². The fourth-order valence-electron chi connectivity index (χ4n) is 4.14. The van der Waals surface area contributed by atoms with Gasteiger partial charge in [0.25, 0.3) is 5.91 Å². The van der Waals surface area contributed by atoms with Crippen molar-refractivity contribution in [2.75, 3.05) is 19.8 Å². The summed E-state index contributed by atoms with van der Waals surface area (Å²) in [5.41, 5.74) is 3.03. The summed E-state index contributed by atoms with van der Waals surface area (Å²) in [6.07, 6.45) is 0. The number of nitrogens with zero attached hydrogens (tertiary/aromatic N) is 1. The number of hydrogen-bond acceptors (Lipinski definition) is 5. The Bertz CT molecular complexity index is 1160. The molecule has 2 heterocycles. The van der Waals surface area contributed by atoms with Crippen molar-refractivity contribution >= 4 is 16.9 Å². The van der Waals surface area contributed by atoms with Crippen LogP contribution in [0.5, 0.6) is 5.75 Å². The topological polar surface area (TPSA) is 80.0 Å². The quantitative estimate of drug-likeness (QED) is 0.719. The zero-order valence-corrected chi connectivity index (χ0v) is 16.7. The maximum Gasteiger partial charge on any atom is 0.290 e. The molecular weight excluding hydrogens is 370 g/mol. The molecule has 1 N–H and O–H groups in total. The third-order valence-corrected chi connectivity index (χ3v) is 5.24. The number of aliphatic hydroxyl groups excluding tert-OH is 1. The average molecular weight is 393 g/mol. The summed E-state index contributed by atoms with van der Waals surface area (Å²) >= 11 is 0. The summed E-state index contributed by atoms with van der Waals surface area (Å²) < 4.78 is 11.6. The molecule has 29 heavy (non-hydrogen) atoms. The van der Waals surface area contributed by atoms with Crippen LogP contribution in [0.25, 0.3) is 11.0 Å². The van der Waals surface area contributed by atoms with Crippen LogP contribution in [0.2, 0.25) is 0 Å². The van der Waals surface area contributed by atoms with E-state index in [0.717, 1.165) is 16.7 Å². The minimum atomic E-state index is -0.633. The first-order chi connectivity index (χ1) is 14.0. The third kappa shape index (κ3) is 3.09. The van der Waals surface area contributed by atoms with Crippen molar-refractivity contribution < 1.29 is 19.1 Å². The van der Waals surface area contributed by atoms with Gasteiger partial charge >= 0.3 is 0 Å². The van der Waals surface area contributed by atoms with Gasteiger partial charge in [-0.25, -0.2) is 0 Å². The number of aryl methyl sites for hydroxylation is 2. The molecule has 1 aliphatic heterocycles. The molecule has 1 unspecified atom stereocenters. The highest BCUT2D eigenvalue weighted by Crippen LogP contribution is 2.39. The van der Waals surface area contributed by atoms with Gasteiger partial charge in [-0.1, -0.05) is 18.2 Å². The van der Waals surface area contributed by atoms with Crippen LogP contribution in [0.1, 0.15) is 45.8 Å². The summed E-state index contributed by atoms with van der Waals surface area (Å²) in [6, 6.07) is 10.4. The van der Waals surface area contributed by atoms with Crippen LogP contribution in [0.4, 0.5) is 0 Å². The van der Waals surface area contributed by atoms with Crippen LogP contribution in [0.15, 0.2) is 45.6 Å². The van der Waals surface area contributed by atoms with Crippen LogP contribution in [0.3, 0.4) is 0 Å². The molecular formula is C23H23NO5. The summed E-state index contributed by atoms with van der Waals surface area (Å²) in [4.78, 5) is 28.1. The molecule has 1 aliphatic rings. The predicted octanol–water partition coefficient (Wildman–Crippen LogP) is 3.35. The number of carbonyl (C=O) groups is 1. The van der Waals surface area contributed by atoms with E-state index < -0.39 is 6.04 Å². The molecule has 0 saturated carbocycles. The van der Waals surface area contributed by atoms with E-state index in [9.17, 15) is 14.7 Å². The summed E-state index contributed by atoms with van der Waals surface area (Å²) in [5, 5.41) is 10.0. The first-order valence-corrected chi connectivity index (χ1v) is 9.68. The standard InChI is InChI=1S/C23H23NO5/c1-4-28-16-7-5-6-15(12-16)20-19-21(26)18-14(3)10-13(2)11-17(18)29-22(19)23(27)24(20)8-9-25/h5-7,10-12,20,25H,4,8-9H2,1-3H3. The molecule has 6 nitrogen and oxygen atoms in total. The van der Waals surface area contributed by atoms with Crippen molar-refractivity contribution in [1.29, 1.82) is 0 Å². The molecule has 0 bridgehead atoms. The number of fused-ring (bicyclic) bond motifs is 2. The third-order valence-electron chi connectivity index (χ3n) is 5.24. The van der Waals surface area contributed by atoms with Gasteiger partial charge in [-0.05, 0) is 55.7 Å². The van der Waals surface area contributed by atoms with Crippen LogP contribution in [-0.4, -0.2) is 35.7 Å². The number of rotatable bonds is 5. The highest BCUT2D eigenvalue weighted by atomic mass is 16.5. The molecule has 1 amide bonds. The van der Waals surface area contributed by atoms with Gasteiger partial charge < -0.3 is 19.2 Å². The van der Waals surface area contributed by atoms with Crippen molar-refractivity contribution in [2.24, 2.45) is 0 Å². The number of aliphatic hydroxyl groups is 1. The number of ether oxygens (including phenoxy) is 1. The van der Waals surface area contributed by atoms with E-state index in [1.54, 1.807) is 6.07 Å². The first kappa shape index (κ1) is 19.2. The molecule has 1 atom stereocenters. The van der Waals surface area contributed by atoms with Crippen molar-refractivity contribution in [3.63, 3.8) is 0 Å². The largest absolute Gasteiger partial charge is 0.494 e. The SMILES string of the molecule is CCOc1cccc(C2c3c(oc4cc(C)cc(C)c4c3=O)C(=O)N2CCO)c1. The lowest BCUT2D eigenvalue weighted by molar-refractivity contribution is 0.0691. The van der Waals surface area contributed by atoms with E-state index in [1.165, 1.54) is 4.90 Å². The van der Waals surface area contributed by atoms with Crippen LogP contribution < -0.4 is 10.2 Å². The summed E-state index contributed by atoms with van der Waals surface area (Å²) in [5.74, 6) is 0.318. The highest BCUT2D eigenvalue weighted by Gasteiger charge is 2.42. The number of amides is 1.